The van der Waals surface area contributed by atoms with E-state index in [0.717, 1.165) is 11.1 Å². The molecule has 0 fully saturated rings. The maximum absolute atomic E-state index is 12.6. The van der Waals surface area contributed by atoms with Crippen LogP contribution in [0.2, 0.25) is 0 Å². The van der Waals surface area contributed by atoms with Crippen LogP contribution in [0.15, 0.2) is 71.9 Å². The lowest BCUT2D eigenvalue weighted by molar-refractivity contribution is 0.251. The van der Waals surface area contributed by atoms with E-state index < -0.39 is 16.1 Å². The Kier molecular flexibility index (Phi) is 7.32. The lowest BCUT2D eigenvalue weighted by Gasteiger charge is -2.12. The van der Waals surface area contributed by atoms with Gasteiger partial charge in [0.05, 0.1) is 4.90 Å². The molecule has 162 valence electrons. The molecule has 1 heterocycles. The number of benzene rings is 2. The van der Waals surface area contributed by atoms with E-state index in [4.69, 9.17) is 16.3 Å². The van der Waals surface area contributed by atoms with Gasteiger partial charge < -0.3 is 15.4 Å². The van der Waals surface area contributed by atoms with Crippen LogP contribution in [0.25, 0.3) is 0 Å². The number of amides is 2. The lowest BCUT2D eigenvalue weighted by Crippen LogP contribution is -2.28. The smallest absolute Gasteiger partial charge is 0.319 e. The highest BCUT2D eigenvalue weighted by atomic mass is 35.5. The van der Waals surface area contributed by atoms with Crippen molar-refractivity contribution < 1.29 is 17.9 Å². The SMILES string of the molecule is Cc1cc(NS(=O)(=O)c2ccc(NC(=O)NCc3cccnc3)cc2)ccc1OCCl. The molecular formula is C21H21ClN4O4S. The number of hydrogen-bond donors (Lipinski definition) is 3. The molecule has 3 aromatic rings. The average Bonchev–Trinajstić information content (AvgIpc) is 2.75. The van der Waals surface area contributed by atoms with E-state index in [1.54, 1.807) is 43.6 Å². The number of alkyl halides is 1. The van der Waals surface area contributed by atoms with Crippen molar-refractivity contribution in [3.8, 4) is 5.75 Å². The zero-order chi connectivity index (χ0) is 22.3. The van der Waals surface area contributed by atoms with E-state index >= 15 is 0 Å². The average molecular weight is 461 g/mol. The standard InChI is InChI=1S/C21H21ClN4O4S/c1-15-11-18(6-9-20(15)30-14-22)26-31(28,29)19-7-4-17(5-8-19)25-21(27)24-13-16-3-2-10-23-12-16/h2-12,26H,13-14H2,1H3,(H2,24,25,27). The van der Waals surface area contributed by atoms with Gasteiger partial charge in [-0.05, 0) is 66.6 Å². The molecule has 10 heteroatoms. The van der Waals surface area contributed by atoms with Crippen LogP contribution < -0.4 is 20.1 Å². The lowest BCUT2D eigenvalue weighted by atomic mass is 10.2. The van der Waals surface area contributed by atoms with Gasteiger partial charge in [0.1, 0.15) is 5.75 Å². The Labute approximate surface area is 185 Å². The Morgan fingerprint density at radius 2 is 1.84 bits per heavy atom. The monoisotopic (exact) mass is 460 g/mol. The number of hydrogen-bond acceptors (Lipinski definition) is 5. The van der Waals surface area contributed by atoms with E-state index in [-0.39, 0.29) is 11.0 Å². The number of anilines is 2. The molecule has 0 radical (unpaired) electrons. The van der Waals surface area contributed by atoms with Crippen molar-refractivity contribution >= 4 is 39.0 Å². The number of sulfonamides is 1. The van der Waals surface area contributed by atoms with Gasteiger partial charge in [-0.3, -0.25) is 9.71 Å². The summed E-state index contributed by atoms with van der Waals surface area (Å²) >= 11 is 5.56. The first-order chi connectivity index (χ1) is 14.9. The highest BCUT2D eigenvalue weighted by Crippen LogP contribution is 2.24. The van der Waals surface area contributed by atoms with E-state index in [1.807, 2.05) is 6.07 Å². The van der Waals surface area contributed by atoms with Crippen molar-refractivity contribution in [1.29, 1.82) is 0 Å². The van der Waals surface area contributed by atoms with Crippen molar-refractivity contribution in [2.75, 3.05) is 16.1 Å². The fraction of sp³-hybridized carbons (Fsp3) is 0.143. The Balaban J connectivity index is 1.60. The molecule has 0 saturated carbocycles. The Hall–Kier alpha value is -3.30. The maximum Gasteiger partial charge on any atom is 0.319 e. The molecular weight excluding hydrogens is 440 g/mol. The number of carbonyl (C=O) groups is 1. The molecule has 8 nitrogen and oxygen atoms in total. The fourth-order valence-corrected chi connectivity index (χ4v) is 3.89. The van der Waals surface area contributed by atoms with Gasteiger partial charge in [-0.25, -0.2) is 13.2 Å². The predicted octanol–water partition coefficient (Wildman–Crippen LogP) is 4.09. The third-order valence-electron chi connectivity index (χ3n) is 4.24. The van der Waals surface area contributed by atoms with Gasteiger partial charge in [0, 0.05) is 30.3 Å². The highest BCUT2D eigenvalue weighted by molar-refractivity contribution is 7.92. The number of aryl methyl sites for hydroxylation is 1. The van der Waals surface area contributed by atoms with E-state index in [1.165, 1.54) is 24.3 Å². The zero-order valence-corrected chi connectivity index (χ0v) is 18.2. The minimum Gasteiger partial charge on any atom is -0.478 e. The third kappa shape index (κ3) is 6.34. The van der Waals surface area contributed by atoms with Crippen LogP contribution >= 0.6 is 11.6 Å². The fourth-order valence-electron chi connectivity index (χ4n) is 2.73. The van der Waals surface area contributed by atoms with Gasteiger partial charge in [0.2, 0.25) is 0 Å². The third-order valence-corrected chi connectivity index (χ3v) is 5.74. The van der Waals surface area contributed by atoms with Crippen molar-refractivity contribution in [3.63, 3.8) is 0 Å². The number of nitrogens with one attached hydrogen (secondary N) is 3. The molecule has 2 aromatic carbocycles. The molecule has 31 heavy (non-hydrogen) atoms. The van der Waals surface area contributed by atoms with Crippen LogP contribution in [0, 0.1) is 6.92 Å². The van der Waals surface area contributed by atoms with Crippen LogP contribution in [0.1, 0.15) is 11.1 Å². The van der Waals surface area contributed by atoms with Crippen molar-refractivity contribution in [2.45, 2.75) is 18.4 Å². The van der Waals surface area contributed by atoms with Crippen molar-refractivity contribution in [3.05, 3.63) is 78.1 Å². The Bertz CT molecular complexity index is 1140. The van der Waals surface area contributed by atoms with Gasteiger partial charge in [0.15, 0.2) is 6.07 Å². The molecule has 0 aliphatic rings. The van der Waals surface area contributed by atoms with Gasteiger partial charge in [-0.2, -0.15) is 0 Å². The summed E-state index contributed by atoms with van der Waals surface area (Å²) in [5.74, 6) is 0.579. The maximum atomic E-state index is 12.6. The van der Waals surface area contributed by atoms with E-state index in [0.29, 0.717) is 23.7 Å². The number of halogens is 1. The van der Waals surface area contributed by atoms with Gasteiger partial charge in [0.25, 0.3) is 10.0 Å². The number of aromatic nitrogens is 1. The summed E-state index contributed by atoms with van der Waals surface area (Å²) in [5, 5.41) is 5.36. The molecule has 2 amide bonds. The summed E-state index contributed by atoms with van der Waals surface area (Å²) in [6.45, 7) is 2.11. The van der Waals surface area contributed by atoms with Crippen LogP contribution in [-0.4, -0.2) is 25.5 Å². The predicted molar refractivity (Wildman–Crippen MR) is 120 cm³/mol. The second-order valence-corrected chi connectivity index (χ2v) is 8.43. The number of carbonyl (C=O) groups excluding carboxylic acids is 1. The zero-order valence-electron chi connectivity index (χ0n) is 16.6. The second-order valence-electron chi connectivity index (χ2n) is 6.53. The Morgan fingerprint density at radius 1 is 1.10 bits per heavy atom. The molecule has 3 rings (SSSR count). The quantitative estimate of drug-likeness (QED) is 0.438. The molecule has 0 bridgehead atoms. The first-order valence-electron chi connectivity index (χ1n) is 9.23. The molecule has 0 aliphatic carbocycles. The van der Waals surface area contributed by atoms with E-state index in [2.05, 4.69) is 20.3 Å². The summed E-state index contributed by atoms with van der Waals surface area (Å²) < 4.78 is 33.1. The van der Waals surface area contributed by atoms with Crippen molar-refractivity contribution in [1.82, 2.24) is 10.3 Å². The number of pyridine rings is 1. The molecule has 1 aromatic heterocycles. The summed E-state index contributed by atoms with van der Waals surface area (Å²) in [7, 11) is -3.80. The van der Waals surface area contributed by atoms with Crippen LogP contribution in [0.3, 0.4) is 0 Å². The Morgan fingerprint density at radius 3 is 2.48 bits per heavy atom. The van der Waals surface area contributed by atoms with Gasteiger partial charge in [-0.15, -0.1) is 0 Å². The topological polar surface area (TPSA) is 109 Å². The van der Waals surface area contributed by atoms with Gasteiger partial charge in [-0.1, -0.05) is 17.7 Å². The normalized spacial score (nSPS) is 10.9. The summed E-state index contributed by atoms with van der Waals surface area (Å²) in [5.41, 5.74) is 2.47. The molecule has 0 atom stereocenters. The summed E-state index contributed by atoms with van der Waals surface area (Å²) in [6, 6.07) is 14.0. The molecule has 0 spiro atoms. The summed E-state index contributed by atoms with van der Waals surface area (Å²) in [6.07, 6.45) is 3.31. The first kappa shape index (κ1) is 22.4. The minimum absolute atomic E-state index is 0.00772. The summed E-state index contributed by atoms with van der Waals surface area (Å²) in [4.78, 5) is 16.1. The molecule has 0 saturated heterocycles. The highest BCUT2D eigenvalue weighted by Gasteiger charge is 2.15. The molecule has 0 unspecified atom stereocenters. The van der Waals surface area contributed by atoms with E-state index in [9.17, 15) is 13.2 Å². The van der Waals surface area contributed by atoms with Crippen molar-refractivity contribution in [2.24, 2.45) is 0 Å². The second kappa shape index (κ2) is 10.1. The molecule has 3 N–H and O–H groups in total. The first-order valence-corrected chi connectivity index (χ1v) is 11.3. The van der Waals surface area contributed by atoms with Crippen LogP contribution in [0.4, 0.5) is 16.2 Å². The largest absolute Gasteiger partial charge is 0.478 e. The number of nitrogens with zero attached hydrogens (tertiary/aromatic N) is 1. The number of rotatable bonds is 8. The van der Waals surface area contributed by atoms with Gasteiger partial charge >= 0.3 is 6.03 Å². The minimum atomic E-state index is -3.80. The van der Waals surface area contributed by atoms with Crippen LogP contribution in [0.5, 0.6) is 5.75 Å². The number of urea groups is 1. The van der Waals surface area contributed by atoms with Crippen LogP contribution in [-0.2, 0) is 16.6 Å². The molecule has 0 aliphatic heterocycles. The number of ether oxygens (including phenoxy) is 1.